The Balaban J connectivity index is 2.46. The van der Waals surface area contributed by atoms with Crippen LogP contribution >= 0.6 is 0 Å². The third-order valence-electron chi connectivity index (χ3n) is 1.95. The molecule has 0 amide bonds. The maximum Gasteiger partial charge on any atom is 0.257 e. The number of aromatic nitrogens is 2. The number of nitriles is 1. The molecule has 0 aliphatic carbocycles. The summed E-state index contributed by atoms with van der Waals surface area (Å²) >= 11 is 0. The molecular formula is C11H9N3O2. The molecule has 2 rings (SSSR count). The van der Waals surface area contributed by atoms with Gasteiger partial charge in [0.2, 0.25) is 0 Å². The van der Waals surface area contributed by atoms with Gasteiger partial charge in [0.1, 0.15) is 5.75 Å². The summed E-state index contributed by atoms with van der Waals surface area (Å²) in [6.45, 7) is 2.42. The van der Waals surface area contributed by atoms with Crippen molar-refractivity contribution < 1.29 is 9.26 Å². The van der Waals surface area contributed by atoms with Gasteiger partial charge < -0.3 is 9.26 Å². The summed E-state index contributed by atoms with van der Waals surface area (Å²) in [7, 11) is 0. The highest BCUT2D eigenvalue weighted by Gasteiger charge is 2.07. The normalized spacial score (nSPS) is 9.75. The quantitative estimate of drug-likeness (QED) is 0.783. The van der Waals surface area contributed by atoms with E-state index in [9.17, 15) is 0 Å². The Bertz CT molecular complexity index is 515. The van der Waals surface area contributed by atoms with Gasteiger partial charge in [-0.15, -0.1) is 0 Å². The lowest BCUT2D eigenvalue weighted by Gasteiger charge is -2.04. The molecule has 0 spiro atoms. The summed E-state index contributed by atoms with van der Waals surface area (Å²) < 4.78 is 10.3. The molecule has 0 saturated carbocycles. The first-order valence-electron chi connectivity index (χ1n) is 4.78. The third kappa shape index (κ3) is 2.01. The second-order valence-corrected chi connectivity index (χ2v) is 3.04. The van der Waals surface area contributed by atoms with Gasteiger partial charge in [-0.1, -0.05) is 5.16 Å². The van der Waals surface area contributed by atoms with E-state index >= 15 is 0 Å². The van der Waals surface area contributed by atoms with Crippen LogP contribution in [0.3, 0.4) is 0 Å². The van der Waals surface area contributed by atoms with Gasteiger partial charge in [0.05, 0.1) is 18.2 Å². The van der Waals surface area contributed by atoms with Gasteiger partial charge in [0.15, 0.2) is 6.33 Å². The first kappa shape index (κ1) is 10.2. The molecule has 80 valence electrons. The first-order chi connectivity index (χ1) is 7.83. The number of hydrogen-bond donors (Lipinski definition) is 0. The van der Waals surface area contributed by atoms with E-state index in [4.69, 9.17) is 14.5 Å². The number of rotatable bonds is 3. The van der Waals surface area contributed by atoms with Crippen molar-refractivity contribution in [3.05, 3.63) is 30.1 Å². The molecule has 0 aliphatic rings. The van der Waals surface area contributed by atoms with E-state index in [-0.39, 0.29) is 0 Å². The second-order valence-electron chi connectivity index (χ2n) is 3.04. The highest BCUT2D eigenvalue weighted by molar-refractivity contribution is 5.59. The fourth-order valence-electron chi connectivity index (χ4n) is 1.34. The van der Waals surface area contributed by atoms with E-state index in [1.54, 1.807) is 18.2 Å². The Morgan fingerprint density at radius 3 is 2.94 bits per heavy atom. The molecule has 0 fully saturated rings. The first-order valence-corrected chi connectivity index (χ1v) is 4.78. The fourth-order valence-corrected chi connectivity index (χ4v) is 1.34. The van der Waals surface area contributed by atoms with E-state index in [2.05, 4.69) is 16.2 Å². The number of nitrogens with zero attached hydrogens (tertiary/aromatic N) is 3. The summed E-state index contributed by atoms with van der Waals surface area (Å²) in [6, 6.07) is 7.17. The molecule has 0 radical (unpaired) electrons. The topological polar surface area (TPSA) is 71.9 Å². The van der Waals surface area contributed by atoms with Crippen LogP contribution in [0, 0.1) is 11.3 Å². The largest absolute Gasteiger partial charge is 0.494 e. The predicted octanol–water partition coefficient (Wildman–Crippen LogP) is 2.01. The number of hydrogen-bond acceptors (Lipinski definition) is 5. The lowest BCUT2D eigenvalue weighted by molar-refractivity contribution is 0.340. The second kappa shape index (κ2) is 4.45. The lowest BCUT2D eigenvalue weighted by Crippen LogP contribution is -1.92. The van der Waals surface area contributed by atoms with Gasteiger partial charge in [-0.3, -0.25) is 0 Å². The van der Waals surface area contributed by atoms with Gasteiger partial charge in [-0.25, -0.2) is 0 Å². The molecular weight excluding hydrogens is 206 g/mol. The molecule has 0 unspecified atom stereocenters. The van der Waals surface area contributed by atoms with Crippen molar-refractivity contribution in [2.75, 3.05) is 6.61 Å². The van der Waals surface area contributed by atoms with Crippen LogP contribution in [0.1, 0.15) is 12.5 Å². The van der Waals surface area contributed by atoms with Gasteiger partial charge in [0, 0.05) is 5.56 Å². The summed E-state index contributed by atoms with van der Waals surface area (Å²) in [6.07, 6.45) is 1.31. The molecule has 0 saturated heterocycles. The van der Waals surface area contributed by atoms with E-state index in [0.717, 1.165) is 0 Å². The molecule has 1 aromatic heterocycles. The molecule has 1 heterocycles. The molecule has 0 atom stereocenters. The van der Waals surface area contributed by atoms with E-state index in [1.165, 1.54) is 6.33 Å². The summed E-state index contributed by atoms with van der Waals surface area (Å²) in [5.74, 6) is 0.993. The molecule has 5 heteroatoms. The zero-order valence-electron chi connectivity index (χ0n) is 8.67. The highest BCUT2D eigenvalue weighted by Crippen LogP contribution is 2.24. The molecule has 0 N–H and O–H groups in total. The smallest absolute Gasteiger partial charge is 0.257 e. The molecule has 5 nitrogen and oxygen atoms in total. The Labute approximate surface area is 92.3 Å². The Morgan fingerprint density at radius 2 is 2.31 bits per heavy atom. The highest BCUT2D eigenvalue weighted by atomic mass is 16.5. The van der Waals surface area contributed by atoms with Gasteiger partial charge in [0.25, 0.3) is 5.89 Å². The van der Waals surface area contributed by atoms with Crippen LogP contribution < -0.4 is 4.74 Å². The fraction of sp³-hybridized carbons (Fsp3) is 0.182. The summed E-state index contributed by atoms with van der Waals surface area (Å²) in [5, 5.41) is 12.4. The van der Waals surface area contributed by atoms with Crippen LogP contribution in [0.15, 0.2) is 29.0 Å². The molecule has 0 aliphatic heterocycles. The van der Waals surface area contributed by atoms with Crippen molar-refractivity contribution in [1.82, 2.24) is 10.1 Å². The van der Waals surface area contributed by atoms with Crippen molar-refractivity contribution in [3.8, 4) is 23.3 Å². The zero-order chi connectivity index (χ0) is 11.4. The maximum absolute atomic E-state index is 8.88. The average molecular weight is 215 g/mol. The standard InChI is InChI=1S/C11H9N3O2/c1-2-15-10-4-8(6-12)3-9(5-10)11-13-7-14-16-11/h3-5,7H,2H2,1H3. The lowest BCUT2D eigenvalue weighted by atomic mass is 10.1. The van der Waals surface area contributed by atoms with Crippen LogP contribution in [0.2, 0.25) is 0 Å². The maximum atomic E-state index is 8.88. The molecule has 2 aromatic rings. The van der Waals surface area contributed by atoms with Crippen LogP contribution in [-0.2, 0) is 0 Å². The van der Waals surface area contributed by atoms with E-state index in [0.29, 0.717) is 29.4 Å². The molecule has 0 bridgehead atoms. The van der Waals surface area contributed by atoms with Crippen LogP contribution in [-0.4, -0.2) is 16.7 Å². The average Bonchev–Trinajstić information content (AvgIpc) is 2.82. The zero-order valence-corrected chi connectivity index (χ0v) is 8.67. The van der Waals surface area contributed by atoms with Gasteiger partial charge >= 0.3 is 0 Å². The number of ether oxygens (including phenoxy) is 1. The van der Waals surface area contributed by atoms with Crippen molar-refractivity contribution in [1.29, 1.82) is 5.26 Å². The minimum atomic E-state index is 0.373. The van der Waals surface area contributed by atoms with Crippen LogP contribution in [0.25, 0.3) is 11.5 Å². The monoisotopic (exact) mass is 215 g/mol. The van der Waals surface area contributed by atoms with E-state index in [1.807, 2.05) is 6.92 Å². The Morgan fingerprint density at radius 1 is 1.44 bits per heavy atom. The Hall–Kier alpha value is -2.35. The molecule has 1 aromatic carbocycles. The summed E-state index contributed by atoms with van der Waals surface area (Å²) in [5.41, 5.74) is 1.18. The molecule has 16 heavy (non-hydrogen) atoms. The predicted molar refractivity (Wildman–Crippen MR) is 55.6 cm³/mol. The van der Waals surface area contributed by atoms with Crippen molar-refractivity contribution in [2.24, 2.45) is 0 Å². The minimum absolute atomic E-state index is 0.373. The van der Waals surface area contributed by atoms with Crippen molar-refractivity contribution in [3.63, 3.8) is 0 Å². The van der Waals surface area contributed by atoms with Crippen molar-refractivity contribution in [2.45, 2.75) is 6.92 Å². The van der Waals surface area contributed by atoms with Crippen molar-refractivity contribution >= 4 is 0 Å². The van der Waals surface area contributed by atoms with Gasteiger partial charge in [-0.05, 0) is 25.1 Å². The van der Waals surface area contributed by atoms with Crippen LogP contribution in [0.5, 0.6) is 5.75 Å². The Kier molecular flexibility index (Phi) is 2.83. The number of benzene rings is 1. The third-order valence-corrected chi connectivity index (χ3v) is 1.95. The minimum Gasteiger partial charge on any atom is -0.494 e. The SMILES string of the molecule is CCOc1cc(C#N)cc(-c2ncno2)c1. The van der Waals surface area contributed by atoms with E-state index < -0.39 is 0 Å². The summed E-state index contributed by atoms with van der Waals surface area (Å²) in [4.78, 5) is 3.92. The van der Waals surface area contributed by atoms with Crippen LogP contribution in [0.4, 0.5) is 0 Å². The van der Waals surface area contributed by atoms with Gasteiger partial charge in [-0.2, -0.15) is 10.2 Å².